The third-order valence-electron chi connectivity index (χ3n) is 4.25. The van der Waals surface area contributed by atoms with Gasteiger partial charge in [-0.15, -0.1) is 0 Å². The Balaban J connectivity index is 1.68. The summed E-state index contributed by atoms with van der Waals surface area (Å²) in [5.41, 5.74) is 1.08. The smallest absolute Gasteiger partial charge is 0.227 e. The zero-order valence-electron chi connectivity index (χ0n) is 14.0. The number of nitrogens with one attached hydrogen (secondary N) is 2. The van der Waals surface area contributed by atoms with Crippen molar-refractivity contribution in [3.63, 3.8) is 0 Å². The molecule has 1 saturated heterocycles. The molecule has 1 amide bonds. The largest absolute Gasteiger partial charge is 0.311 e. The Morgan fingerprint density at radius 3 is 2.64 bits per heavy atom. The van der Waals surface area contributed by atoms with Gasteiger partial charge in [0.2, 0.25) is 5.91 Å². The highest BCUT2D eigenvalue weighted by atomic mass is 35.5. The Bertz CT molecular complexity index is 675. The molecule has 0 bridgehead atoms. The first-order chi connectivity index (χ1) is 12.2. The average molecular weight is 376 g/mol. The molecule has 6 heteroatoms. The lowest BCUT2D eigenvalue weighted by Crippen LogP contribution is -2.37. The lowest BCUT2D eigenvalue weighted by atomic mass is 10.0. The van der Waals surface area contributed by atoms with E-state index in [1.54, 1.807) is 12.3 Å². The summed E-state index contributed by atoms with van der Waals surface area (Å²) in [5.74, 6) is 2.88. The summed E-state index contributed by atoms with van der Waals surface area (Å²) in [6, 6.07) is 13.6. The van der Waals surface area contributed by atoms with Crippen LogP contribution in [0.1, 0.15) is 30.9 Å². The maximum absolute atomic E-state index is 12.5. The van der Waals surface area contributed by atoms with E-state index in [9.17, 15) is 4.79 Å². The summed E-state index contributed by atoms with van der Waals surface area (Å²) in [4.78, 5) is 16.6. The van der Waals surface area contributed by atoms with Crippen LogP contribution in [0.4, 0.5) is 5.82 Å². The summed E-state index contributed by atoms with van der Waals surface area (Å²) in [7, 11) is 0. The average Bonchev–Trinajstić information content (AvgIpc) is 2.63. The molecule has 2 aromatic rings. The Hall–Kier alpha value is -1.56. The van der Waals surface area contributed by atoms with Crippen LogP contribution in [-0.4, -0.2) is 28.4 Å². The Labute approximate surface area is 157 Å². The lowest BCUT2D eigenvalue weighted by molar-refractivity contribution is -0.116. The molecule has 2 heterocycles. The number of hydrogen-bond donors (Lipinski definition) is 2. The van der Waals surface area contributed by atoms with Crippen molar-refractivity contribution in [3.05, 3.63) is 59.2 Å². The van der Waals surface area contributed by atoms with E-state index >= 15 is 0 Å². The van der Waals surface area contributed by atoms with Crippen LogP contribution in [-0.2, 0) is 4.79 Å². The van der Waals surface area contributed by atoms with E-state index in [-0.39, 0.29) is 11.9 Å². The molecule has 1 aromatic heterocycles. The predicted octanol–water partition coefficient (Wildman–Crippen LogP) is 4.29. The van der Waals surface area contributed by atoms with Gasteiger partial charge >= 0.3 is 0 Å². The van der Waals surface area contributed by atoms with Gasteiger partial charge in [-0.25, -0.2) is 4.98 Å². The number of carbonyl (C=O) groups excluding carboxylic acids is 1. The lowest BCUT2D eigenvalue weighted by Gasteiger charge is -2.28. The Morgan fingerprint density at radius 1 is 1.20 bits per heavy atom. The van der Waals surface area contributed by atoms with Crippen LogP contribution in [0.5, 0.6) is 0 Å². The van der Waals surface area contributed by atoms with Crippen LogP contribution in [0.3, 0.4) is 0 Å². The van der Waals surface area contributed by atoms with Gasteiger partial charge in [0, 0.05) is 29.7 Å². The van der Waals surface area contributed by atoms with Crippen LogP contribution < -0.4 is 10.6 Å². The number of anilines is 1. The molecule has 0 aliphatic carbocycles. The first kappa shape index (κ1) is 18.2. The number of halogens is 1. The fourth-order valence-electron chi connectivity index (χ4n) is 2.93. The number of nitrogens with zero attached hydrogens (tertiary/aromatic N) is 1. The second kappa shape index (κ2) is 9.22. The van der Waals surface area contributed by atoms with Crippen LogP contribution in [0.25, 0.3) is 0 Å². The van der Waals surface area contributed by atoms with Crippen LogP contribution in [0.2, 0.25) is 5.02 Å². The van der Waals surface area contributed by atoms with Crippen molar-refractivity contribution < 1.29 is 4.79 Å². The molecule has 25 heavy (non-hydrogen) atoms. The minimum atomic E-state index is -0.0451. The molecule has 1 unspecified atom stereocenters. The van der Waals surface area contributed by atoms with E-state index in [1.165, 1.54) is 11.5 Å². The summed E-state index contributed by atoms with van der Waals surface area (Å²) < 4.78 is 0. The highest BCUT2D eigenvalue weighted by Crippen LogP contribution is 2.24. The molecule has 1 atom stereocenters. The normalized spacial score (nSPS) is 16.4. The molecular weight excluding hydrogens is 354 g/mol. The Morgan fingerprint density at radius 2 is 1.96 bits per heavy atom. The molecule has 1 aliphatic heterocycles. The summed E-state index contributed by atoms with van der Waals surface area (Å²) in [6.45, 7) is 0. The summed E-state index contributed by atoms with van der Waals surface area (Å²) in [5, 5.41) is 7.24. The topological polar surface area (TPSA) is 54.0 Å². The van der Waals surface area contributed by atoms with Gasteiger partial charge in [0.05, 0.1) is 0 Å². The van der Waals surface area contributed by atoms with Gasteiger partial charge in [0.25, 0.3) is 0 Å². The molecule has 1 aromatic carbocycles. The molecule has 0 saturated carbocycles. The van der Waals surface area contributed by atoms with Gasteiger partial charge in [-0.3, -0.25) is 4.79 Å². The van der Waals surface area contributed by atoms with E-state index in [4.69, 9.17) is 11.6 Å². The SMILES string of the molecule is O=C(CC(NC1CCSCC1)c1ccc(Cl)cc1)Nc1ccccn1. The Kier molecular flexibility index (Phi) is 6.73. The number of benzene rings is 1. The highest BCUT2D eigenvalue weighted by molar-refractivity contribution is 7.99. The van der Waals surface area contributed by atoms with Gasteiger partial charge in [-0.05, 0) is 54.2 Å². The number of amides is 1. The number of thioether (sulfide) groups is 1. The second-order valence-electron chi connectivity index (χ2n) is 6.12. The van der Waals surface area contributed by atoms with Crippen molar-refractivity contribution in [2.24, 2.45) is 0 Å². The molecule has 3 rings (SSSR count). The van der Waals surface area contributed by atoms with Gasteiger partial charge in [0.1, 0.15) is 5.82 Å². The van der Waals surface area contributed by atoms with Crippen molar-refractivity contribution in [2.45, 2.75) is 31.3 Å². The summed E-state index contributed by atoms with van der Waals surface area (Å²) in [6.07, 6.45) is 4.30. The maximum Gasteiger partial charge on any atom is 0.227 e. The van der Waals surface area contributed by atoms with Crippen LogP contribution in [0, 0.1) is 0 Å². The second-order valence-corrected chi connectivity index (χ2v) is 7.79. The van der Waals surface area contributed by atoms with Crippen molar-refractivity contribution in [1.82, 2.24) is 10.3 Å². The highest BCUT2D eigenvalue weighted by Gasteiger charge is 2.22. The van der Waals surface area contributed by atoms with Crippen molar-refractivity contribution >= 4 is 35.1 Å². The molecule has 0 radical (unpaired) electrons. The molecule has 1 fully saturated rings. The van der Waals surface area contributed by atoms with E-state index in [0.29, 0.717) is 23.3 Å². The zero-order valence-corrected chi connectivity index (χ0v) is 15.5. The van der Waals surface area contributed by atoms with Crippen LogP contribution in [0.15, 0.2) is 48.7 Å². The summed E-state index contributed by atoms with van der Waals surface area (Å²) >= 11 is 8.00. The number of aromatic nitrogens is 1. The van der Waals surface area contributed by atoms with Gasteiger partial charge < -0.3 is 10.6 Å². The first-order valence-corrected chi connectivity index (χ1v) is 10.0. The van der Waals surface area contributed by atoms with E-state index < -0.39 is 0 Å². The van der Waals surface area contributed by atoms with Crippen molar-refractivity contribution in [2.75, 3.05) is 16.8 Å². The number of pyridine rings is 1. The monoisotopic (exact) mass is 375 g/mol. The first-order valence-electron chi connectivity index (χ1n) is 8.51. The third-order valence-corrected chi connectivity index (χ3v) is 5.55. The van der Waals surface area contributed by atoms with Crippen molar-refractivity contribution in [1.29, 1.82) is 0 Å². The van der Waals surface area contributed by atoms with Crippen LogP contribution >= 0.6 is 23.4 Å². The molecule has 0 spiro atoms. The number of rotatable bonds is 6. The van der Waals surface area contributed by atoms with Gasteiger partial charge in [0.15, 0.2) is 0 Å². The molecule has 132 valence electrons. The fourth-order valence-corrected chi connectivity index (χ4v) is 4.17. The van der Waals surface area contributed by atoms with Gasteiger partial charge in [-0.2, -0.15) is 11.8 Å². The maximum atomic E-state index is 12.5. The third kappa shape index (κ3) is 5.73. The fraction of sp³-hybridized carbons (Fsp3) is 0.368. The van der Waals surface area contributed by atoms with Crippen molar-refractivity contribution in [3.8, 4) is 0 Å². The zero-order chi connectivity index (χ0) is 17.5. The molecular formula is C19H22ClN3OS. The number of carbonyl (C=O) groups is 1. The molecule has 4 nitrogen and oxygen atoms in total. The number of hydrogen-bond acceptors (Lipinski definition) is 4. The van der Waals surface area contributed by atoms with Gasteiger partial charge in [-0.1, -0.05) is 29.8 Å². The minimum absolute atomic E-state index is 0.0333. The minimum Gasteiger partial charge on any atom is -0.311 e. The van der Waals surface area contributed by atoms with E-state index in [0.717, 1.165) is 18.4 Å². The van der Waals surface area contributed by atoms with E-state index in [2.05, 4.69) is 15.6 Å². The quantitative estimate of drug-likeness (QED) is 0.790. The molecule has 1 aliphatic rings. The molecule has 2 N–H and O–H groups in total. The standard InChI is InChI=1S/C19H22ClN3OS/c20-15-6-4-14(5-7-15)17(22-16-8-11-25-12-9-16)13-19(24)23-18-3-1-2-10-21-18/h1-7,10,16-17,22H,8-9,11-13H2,(H,21,23,24). The predicted molar refractivity (Wildman–Crippen MR) is 105 cm³/mol. The van der Waals surface area contributed by atoms with E-state index in [1.807, 2.05) is 48.2 Å².